The second-order valence-electron chi connectivity index (χ2n) is 5.37. The molecule has 0 spiro atoms. The minimum absolute atomic E-state index is 0.427. The molecule has 1 atom stereocenters. The molecule has 0 radical (unpaired) electrons. The van der Waals surface area contributed by atoms with E-state index in [-0.39, 0.29) is 0 Å². The number of aliphatic hydroxyl groups is 1. The predicted molar refractivity (Wildman–Crippen MR) is 90.5 cm³/mol. The van der Waals surface area contributed by atoms with E-state index < -0.39 is 6.10 Å². The van der Waals surface area contributed by atoms with Crippen molar-refractivity contribution in [1.82, 2.24) is 9.55 Å². The van der Waals surface area contributed by atoms with Crippen molar-refractivity contribution in [1.29, 1.82) is 0 Å². The maximum atomic E-state index is 9.49. The molecule has 4 nitrogen and oxygen atoms in total. The number of hydrogen-bond donors (Lipinski definition) is 2. The smallest absolute Gasteiger partial charge is 0.204 e. The SMILES string of the molecule is CC(O)CNc1nc2ccccc2n1Cc1ccc(Cl)cc1. The lowest BCUT2D eigenvalue weighted by molar-refractivity contribution is 0.208. The molecule has 0 amide bonds. The average molecular weight is 316 g/mol. The number of anilines is 1. The van der Waals surface area contributed by atoms with Crippen LogP contribution in [0.25, 0.3) is 11.0 Å². The number of para-hydroxylation sites is 2. The molecule has 114 valence electrons. The van der Waals surface area contributed by atoms with E-state index in [4.69, 9.17) is 11.6 Å². The number of aliphatic hydroxyl groups excluding tert-OH is 1. The Hall–Kier alpha value is -2.04. The summed E-state index contributed by atoms with van der Waals surface area (Å²) in [6.07, 6.45) is -0.427. The fourth-order valence-corrected chi connectivity index (χ4v) is 2.51. The minimum Gasteiger partial charge on any atom is -0.392 e. The number of halogens is 1. The highest BCUT2D eigenvalue weighted by Gasteiger charge is 2.11. The van der Waals surface area contributed by atoms with Crippen LogP contribution in [0.5, 0.6) is 0 Å². The molecule has 1 heterocycles. The molecular formula is C17H18ClN3O. The van der Waals surface area contributed by atoms with Crippen LogP contribution in [-0.2, 0) is 6.54 Å². The molecule has 2 N–H and O–H groups in total. The van der Waals surface area contributed by atoms with Gasteiger partial charge in [-0.2, -0.15) is 0 Å². The van der Waals surface area contributed by atoms with Gasteiger partial charge in [-0.3, -0.25) is 0 Å². The minimum atomic E-state index is -0.427. The Labute approximate surface area is 134 Å². The predicted octanol–water partition coefficient (Wildman–Crippen LogP) is 3.53. The summed E-state index contributed by atoms with van der Waals surface area (Å²) in [7, 11) is 0. The van der Waals surface area contributed by atoms with Gasteiger partial charge in [0, 0.05) is 11.6 Å². The van der Waals surface area contributed by atoms with E-state index in [9.17, 15) is 5.11 Å². The molecule has 0 fully saturated rings. The van der Waals surface area contributed by atoms with Crippen molar-refractivity contribution >= 4 is 28.6 Å². The maximum Gasteiger partial charge on any atom is 0.204 e. The molecule has 1 aromatic heterocycles. The lowest BCUT2D eigenvalue weighted by Crippen LogP contribution is -2.18. The van der Waals surface area contributed by atoms with Crippen molar-refractivity contribution in [2.75, 3.05) is 11.9 Å². The zero-order chi connectivity index (χ0) is 15.5. The van der Waals surface area contributed by atoms with Gasteiger partial charge in [0.2, 0.25) is 5.95 Å². The van der Waals surface area contributed by atoms with Crippen LogP contribution in [0.2, 0.25) is 5.02 Å². The van der Waals surface area contributed by atoms with Gasteiger partial charge in [-0.15, -0.1) is 0 Å². The quantitative estimate of drug-likeness (QED) is 0.757. The average Bonchev–Trinajstić information content (AvgIpc) is 2.85. The second kappa shape index (κ2) is 6.38. The number of aromatic nitrogens is 2. The van der Waals surface area contributed by atoms with Gasteiger partial charge in [0.15, 0.2) is 0 Å². The third kappa shape index (κ3) is 3.24. The molecule has 2 aromatic carbocycles. The molecule has 3 aromatic rings. The zero-order valence-electron chi connectivity index (χ0n) is 12.3. The first-order chi connectivity index (χ1) is 10.6. The summed E-state index contributed by atoms with van der Waals surface area (Å²) in [4.78, 5) is 4.61. The van der Waals surface area contributed by atoms with E-state index in [0.717, 1.165) is 27.6 Å². The number of hydrogen-bond acceptors (Lipinski definition) is 3. The first-order valence-corrected chi connectivity index (χ1v) is 7.63. The van der Waals surface area contributed by atoms with Crippen LogP contribution in [0.15, 0.2) is 48.5 Å². The highest BCUT2D eigenvalue weighted by molar-refractivity contribution is 6.30. The van der Waals surface area contributed by atoms with E-state index in [2.05, 4.69) is 14.9 Å². The Balaban J connectivity index is 1.97. The standard InChI is InChI=1S/C17H18ClN3O/c1-12(22)10-19-17-20-15-4-2-3-5-16(15)21(17)11-13-6-8-14(18)9-7-13/h2-9,12,22H,10-11H2,1H3,(H,19,20). The van der Waals surface area contributed by atoms with Crippen LogP contribution in [0, 0.1) is 0 Å². The summed E-state index contributed by atoms with van der Waals surface area (Å²) in [6, 6.07) is 15.8. The first kappa shape index (κ1) is 14.9. The Bertz CT molecular complexity index is 765. The zero-order valence-corrected chi connectivity index (χ0v) is 13.1. The van der Waals surface area contributed by atoms with Gasteiger partial charge in [-0.1, -0.05) is 35.9 Å². The summed E-state index contributed by atoms with van der Waals surface area (Å²) in [6.45, 7) is 2.91. The molecular weight excluding hydrogens is 298 g/mol. The summed E-state index contributed by atoms with van der Waals surface area (Å²) in [5.74, 6) is 0.761. The molecule has 1 unspecified atom stereocenters. The molecule has 0 aliphatic rings. The fraction of sp³-hybridized carbons (Fsp3) is 0.235. The van der Waals surface area contributed by atoms with E-state index in [1.54, 1.807) is 6.92 Å². The molecule has 0 saturated heterocycles. The van der Waals surface area contributed by atoms with Crippen LogP contribution in [-0.4, -0.2) is 27.3 Å². The van der Waals surface area contributed by atoms with E-state index in [1.807, 2.05) is 48.5 Å². The van der Waals surface area contributed by atoms with Gasteiger partial charge >= 0.3 is 0 Å². The van der Waals surface area contributed by atoms with Crippen molar-refractivity contribution in [3.8, 4) is 0 Å². The second-order valence-corrected chi connectivity index (χ2v) is 5.80. The number of fused-ring (bicyclic) bond motifs is 1. The van der Waals surface area contributed by atoms with Crippen LogP contribution in [0.3, 0.4) is 0 Å². The molecule has 5 heteroatoms. The number of nitrogens with one attached hydrogen (secondary N) is 1. The topological polar surface area (TPSA) is 50.1 Å². The lowest BCUT2D eigenvalue weighted by Gasteiger charge is -2.12. The van der Waals surface area contributed by atoms with E-state index >= 15 is 0 Å². The van der Waals surface area contributed by atoms with Gasteiger partial charge in [0.25, 0.3) is 0 Å². The molecule has 3 rings (SSSR count). The van der Waals surface area contributed by atoms with Gasteiger partial charge in [-0.05, 0) is 36.8 Å². The summed E-state index contributed by atoms with van der Waals surface area (Å²) in [5, 5.41) is 13.4. The largest absolute Gasteiger partial charge is 0.392 e. The Morgan fingerprint density at radius 2 is 1.91 bits per heavy atom. The van der Waals surface area contributed by atoms with Gasteiger partial charge < -0.3 is 15.0 Å². The van der Waals surface area contributed by atoms with Crippen LogP contribution in [0.4, 0.5) is 5.95 Å². The number of rotatable bonds is 5. The molecule has 0 aliphatic carbocycles. The summed E-state index contributed by atoms with van der Waals surface area (Å²) >= 11 is 5.95. The third-order valence-corrected chi connectivity index (χ3v) is 3.72. The molecule has 0 aliphatic heterocycles. The van der Waals surface area contributed by atoms with Crippen molar-refractivity contribution in [3.05, 3.63) is 59.1 Å². The Kier molecular flexibility index (Phi) is 4.32. The summed E-state index contributed by atoms with van der Waals surface area (Å²) < 4.78 is 2.11. The number of nitrogens with zero attached hydrogens (tertiary/aromatic N) is 2. The van der Waals surface area contributed by atoms with E-state index in [1.165, 1.54) is 0 Å². The number of imidazole rings is 1. The Morgan fingerprint density at radius 3 is 2.64 bits per heavy atom. The van der Waals surface area contributed by atoms with Crippen molar-refractivity contribution in [3.63, 3.8) is 0 Å². The maximum absolute atomic E-state index is 9.49. The lowest BCUT2D eigenvalue weighted by atomic mass is 10.2. The third-order valence-electron chi connectivity index (χ3n) is 3.46. The van der Waals surface area contributed by atoms with Crippen molar-refractivity contribution < 1.29 is 5.11 Å². The highest BCUT2D eigenvalue weighted by atomic mass is 35.5. The fourth-order valence-electron chi connectivity index (χ4n) is 2.38. The van der Waals surface area contributed by atoms with Crippen LogP contribution < -0.4 is 5.32 Å². The monoisotopic (exact) mass is 315 g/mol. The van der Waals surface area contributed by atoms with Crippen LogP contribution >= 0.6 is 11.6 Å². The van der Waals surface area contributed by atoms with E-state index in [0.29, 0.717) is 13.1 Å². The van der Waals surface area contributed by atoms with Gasteiger partial charge in [0.05, 0.1) is 23.7 Å². The first-order valence-electron chi connectivity index (χ1n) is 7.25. The van der Waals surface area contributed by atoms with Crippen LogP contribution in [0.1, 0.15) is 12.5 Å². The summed E-state index contributed by atoms with van der Waals surface area (Å²) in [5.41, 5.74) is 3.14. The molecule has 0 saturated carbocycles. The van der Waals surface area contributed by atoms with Gasteiger partial charge in [0.1, 0.15) is 0 Å². The normalized spacial score (nSPS) is 12.5. The number of benzene rings is 2. The van der Waals surface area contributed by atoms with Crippen molar-refractivity contribution in [2.45, 2.75) is 19.6 Å². The van der Waals surface area contributed by atoms with Crippen molar-refractivity contribution in [2.24, 2.45) is 0 Å². The van der Waals surface area contributed by atoms with Gasteiger partial charge in [-0.25, -0.2) is 4.98 Å². The molecule has 22 heavy (non-hydrogen) atoms. The molecule has 0 bridgehead atoms. The highest BCUT2D eigenvalue weighted by Crippen LogP contribution is 2.21. The Morgan fingerprint density at radius 1 is 1.18 bits per heavy atom.